The van der Waals surface area contributed by atoms with Gasteiger partial charge in [0.1, 0.15) is 0 Å². The number of benzene rings is 1. The third-order valence-electron chi connectivity index (χ3n) is 3.43. The molecule has 0 spiro atoms. The molecule has 1 aromatic rings. The van der Waals surface area contributed by atoms with E-state index in [0.29, 0.717) is 11.3 Å². The Morgan fingerprint density at radius 1 is 1.40 bits per heavy atom. The van der Waals surface area contributed by atoms with Crippen LogP contribution in [-0.2, 0) is 15.0 Å². The van der Waals surface area contributed by atoms with Gasteiger partial charge in [0, 0.05) is 11.3 Å². The second-order valence-electron chi connectivity index (χ2n) is 5.27. The van der Waals surface area contributed by atoms with Crippen molar-refractivity contribution in [3.8, 4) is 0 Å². The molecule has 1 unspecified atom stereocenters. The number of carboxylic acid groups (broad SMARTS) is 1. The average Bonchev–Trinajstić information content (AvgIpc) is 2.58. The predicted molar refractivity (Wildman–Crippen MR) is 77.4 cm³/mol. The van der Waals surface area contributed by atoms with E-state index in [4.69, 9.17) is 5.11 Å². The van der Waals surface area contributed by atoms with E-state index in [1.807, 2.05) is 0 Å². The fraction of sp³-hybridized carbons (Fsp3) is 0.357. The summed E-state index contributed by atoms with van der Waals surface area (Å²) in [6, 6.07) is 4.93. The summed E-state index contributed by atoms with van der Waals surface area (Å²) in [4.78, 5) is 33.9. The van der Waals surface area contributed by atoms with Crippen molar-refractivity contribution in [3.05, 3.63) is 29.3 Å². The first-order valence-corrected chi connectivity index (χ1v) is 7.01. The summed E-state index contributed by atoms with van der Waals surface area (Å²) in [6.45, 7) is 3.57. The van der Waals surface area contributed by atoms with Crippen LogP contribution < -0.4 is 5.32 Å². The molecule has 1 atom stereocenters. The first kappa shape index (κ1) is 14.7. The van der Waals surface area contributed by atoms with Crippen molar-refractivity contribution in [3.63, 3.8) is 0 Å². The number of carbonyl (C=O) groups excluding carboxylic acids is 2. The fourth-order valence-corrected chi connectivity index (χ4v) is 2.69. The standard InChI is InChI=1S/C14H14BrNO4/c1-14(2)8-5-7(3-4-10(8)16-13(14)20)12(19)9(15)6-11(17)18/h3-5,9H,6H2,1-2H3,(H,16,20)(H,17,18). The van der Waals surface area contributed by atoms with Gasteiger partial charge in [0.15, 0.2) is 5.78 Å². The van der Waals surface area contributed by atoms with Crippen molar-refractivity contribution < 1.29 is 19.5 Å². The van der Waals surface area contributed by atoms with Gasteiger partial charge in [-0.25, -0.2) is 0 Å². The molecule has 1 aromatic carbocycles. The number of carbonyl (C=O) groups is 3. The number of amides is 1. The molecule has 6 heteroatoms. The highest BCUT2D eigenvalue weighted by Crippen LogP contribution is 2.38. The lowest BCUT2D eigenvalue weighted by molar-refractivity contribution is -0.136. The van der Waals surface area contributed by atoms with Crippen LogP contribution >= 0.6 is 15.9 Å². The van der Waals surface area contributed by atoms with E-state index in [9.17, 15) is 14.4 Å². The lowest BCUT2D eigenvalue weighted by atomic mass is 9.85. The van der Waals surface area contributed by atoms with Crippen molar-refractivity contribution in [2.75, 3.05) is 5.32 Å². The van der Waals surface area contributed by atoms with Crippen LogP contribution in [0.4, 0.5) is 5.69 Å². The van der Waals surface area contributed by atoms with Crippen LogP contribution in [0.5, 0.6) is 0 Å². The van der Waals surface area contributed by atoms with Crippen molar-refractivity contribution in [2.24, 2.45) is 0 Å². The first-order chi connectivity index (χ1) is 9.23. The van der Waals surface area contributed by atoms with Gasteiger partial charge in [-0.3, -0.25) is 14.4 Å². The molecule has 1 heterocycles. The lowest BCUT2D eigenvalue weighted by Gasteiger charge is -2.16. The van der Waals surface area contributed by atoms with Crippen LogP contribution in [-0.4, -0.2) is 27.6 Å². The van der Waals surface area contributed by atoms with Crippen LogP contribution in [0.1, 0.15) is 36.2 Å². The van der Waals surface area contributed by atoms with E-state index in [2.05, 4.69) is 21.2 Å². The molecular weight excluding hydrogens is 326 g/mol. The third kappa shape index (κ3) is 2.47. The number of aliphatic carboxylic acids is 1. The van der Waals surface area contributed by atoms with Crippen molar-refractivity contribution in [1.29, 1.82) is 0 Å². The van der Waals surface area contributed by atoms with Gasteiger partial charge in [-0.15, -0.1) is 0 Å². The largest absolute Gasteiger partial charge is 0.481 e. The maximum atomic E-state index is 12.2. The molecule has 0 saturated heterocycles. The highest BCUT2D eigenvalue weighted by Gasteiger charge is 2.38. The Morgan fingerprint density at radius 2 is 2.05 bits per heavy atom. The molecule has 0 saturated carbocycles. The molecular formula is C14H14BrNO4. The van der Waals surface area contributed by atoms with Gasteiger partial charge in [0.25, 0.3) is 0 Å². The highest BCUT2D eigenvalue weighted by atomic mass is 79.9. The molecule has 0 aliphatic carbocycles. The molecule has 0 radical (unpaired) electrons. The van der Waals surface area contributed by atoms with E-state index >= 15 is 0 Å². The fourth-order valence-electron chi connectivity index (χ4n) is 2.15. The van der Waals surface area contributed by atoms with Crippen LogP contribution in [0.15, 0.2) is 18.2 Å². The minimum atomic E-state index is -1.04. The van der Waals surface area contributed by atoms with Crippen molar-refractivity contribution >= 4 is 39.3 Å². The van der Waals surface area contributed by atoms with E-state index in [1.165, 1.54) is 0 Å². The number of halogens is 1. The Kier molecular flexibility index (Phi) is 3.69. The van der Waals surface area contributed by atoms with Crippen LogP contribution in [0.2, 0.25) is 0 Å². The maximum Gasteiger partial charge on any atom is 0.304 e. The second-order valence-corrected chi connectivity index (χ2v) is 6.37. The molecule has 0 bridgehead atoms. The number of ketones is 1. The molecule has 2 N–H and O–H groups in total. The smallest absolute Gasteiger partial charge is 0.304 e. The third-order valence-corrected chi connectivity index (χ3v) is 4.17. The minimum absolute atomic E-state index is 0.113. The molecule has 2 rings (SSSR count). The monoisotopic (exact) mass is 339 g/mol. The van der Waals surface area contributed by atoms with Crippen molar-refractivity contribution in [2.45, 2.75) is 30.5 Å². The van der Waals surface area contributed by atoms with E-state index in [0.717, 1.165) is 5.56 Å². The van der Waals surface area contributed by atoms with E-state index in [-0.39, 0.29) is 18.1 Å². The van der Waals surface area contributed by atoms with Gasteiger partial charge < -0.3 is 10.4 Å². The number of fused-ring (bicyclic) bond motifs is 1. The second kappa shape index (κ2) is 5.01. The summed E-state index contributed by atoms with van der Waals surface area (Å²) in [5, 5.41) is 11.5. The van der Waals surface area contributed by atoms with E-state index in [1.54, 1.807) is 32.0 Å². The molecule has 1 aliphatic heterocycles. The molecule has 106 valence electrons. The van der Waals surface area contributed by atoms with Gasteiger partial charge in [-0.1, -0.05) is 15.9 Å². The number of alkyl halides is 1. The summed E-state index contributed by atoms with van der Waals surface area (Å²) in [5.74, 6) is -1.46. The summed E-state index contributed by atoms with van der Waals surface area (Å²) in [6.07, 6.45) is -0.281. The zero-order chi connectivity index (χ0) is 15.1. The number of Topliss-reactive ketones (excluding diaryl/α,β-unsaturated/α-hetero) is 1. The number of carboxylic acids is 1. The first-order valence-electron chi connectivity index (χ1n) is 6.09. The summed E-state index contributed by atoms with van der Waals surface area (Å²) in [7, 11) is 0. The van der Waals surface area contributed by atoms with Crippen LogP contribution in [0.3, 0.4) is 0 Å². The van der Waals surface area contributed by atoms with Gasteiger partial charge in [0.2, 0.25) is 5.91 Å². The van der Waals surface area contributed by atoms with Gasteiger partial charge in [-0.2, -0.15) is 0 Å². The maximum absolute atomic E-state index is 12.2. The molecule has 20 heavy (non-hydrogen) atoms. The average molecular weight is 340 g/mol. The van der Waals surface area contributed by atoms with Gasteiger partial charge in [0.05, 0.1) is 16.7 Å². The number of hydrogen-bond acceptors (Lipinski definition) is 3. The summed E-state index contributed by atoms with van der Waals surface area (Å²) in [5.41, 5.74) is 1.15. The SMILES string of the molecule is CC1(C)C(=O)Nc2ccc(C(=O)C(Br)CC(=O)O)cc21. The lowest BCUT2D eigenvalue weighted by Crippen LogP contribution is -2.27. The Labute approximate surface area is 124 Å². The number of hydrogen-bond donors (Lipinski definition) is 2. The van der Waals surface area contributed by atoms with Crippen molar-refractivity contribution in [1.82, 2.24) is 0 Å². The van der Waals surface area contributed by atoms with E-state index < -0.39 is 16.2 Å². The number of nitrogens with one attached hydrogen (secondary N) is 1. The van der Waals surface area contributed by atoms with Crippen LogP contribution in [0.25, 0.3) is 0 Å². The Morgan fingerprint density at radius 3 is 2.65 bits per heavy atom. The normalized spacial score (nSPS) is 17.2. The molecule has 1 aliphatic rings. The highest BCUT2D eigenvalue weighted by molar-refractivity contribution is 9.10. The molecule has 5 nitrogen and oxygen atoms in total. The molecule has 0 aromatic heterocycles. The zero-order valence-corrected chi connectivity index (χ0v) is 12.7. The molecule has 0 fully saturated rings. The Bertz CT molecular complexity index is 609. The predicted octanol–water partition coefficient (Wildman–Crippen LogP) is 2.34. The minimum Gasteiger partial charge on any atom is -0.481 e. The van der Waals surface area contributed by atoms with Crippen LogP contribution in [0, 0.1) is 0 Å². The number of anilines is 1. The van der Waals surface area contributed by atoms with Gasteiger partial charge >= 0.3 is 5.97 Å². The summed E-state index contributed by atoms with van der Waals surface area (Å²) >= 11 is 3.09. The Hall–Kier alpha value is -1.69. The summed E-state index contributed by atoms with van der Waals surface area (Å²) < 4.78 is 0. The molecule has 1 amide bonds. The van der Waals surface area contributed by atoms with Gasteiger partial charge in [-0.05, 0) is 37.6 Å². The Balaban J connectivity index is 2.33. The number of rotatable bonds is 4. The topological polar surface area (TPSA) is 83.5 Å². The quantitative estimate of drug-likeness (QED) is 0.651. The zero-order valence-electron chi connectivity index (χ0n) is 11.1.